The van der Waals surface area contributed by atoms with Gasteiger partial charge in [0.25, 0.3) is 5.69 Å². The largest absolute Gasteiger partial charge is 0.363 e. The Morgan fingerprint density at radius 2 is 1.82 bits per heavy atom. The number of hydrogen-bond acceptors (Lipinski definition) is 5. The van der Waals surface area contributed by atoms with Gasteiger partial charge in [0.2, 0.25) is 5.91 Å². The van der Waals surface area contributed by atoms with Crippen LogP contribution in [0.2, 0.25) is 5.02 Å². The quantitative estimate of drug-likeness (QED) is 0.569. The maximum Gasteiger partial charge on any atom is 0.294 e. The number of rotatable bonds is 7. The lowest BCUT2D eigenvalue weighted by Crippen LogP contribution is -2.49. The summed E-state index contributed by atoms with van der Waals surface area (Å²) in [4.78, 5) is 27.1. The number of carbonyl (C=O) groups is 1. The predicted molar refractivity (Wildman–Crippen MR) is 110 cm³/mol. The topological polar surface area (TPSA) is 78.7 Å². The Morgan fingerprint density at radius 1 is 1.11 bits per heavy atom. The summed E-state index contributed by atoms with van der Waals surface area (Å²) in [7, 11) is 0. The SMILES string of the molecule is O=C(CN1CCN(c2ccc(Cl)cc2[N+](=O)[O-])CC1)NCCc1ccccc1. The molecule has 1 amide bonds. The monoisotopic (exact) mass is 402 g/mol. The number of nitro benzene ring substituents is 1. The van der Waals surface area contributed by atoms with E-state index in [4.69, 9.17) is 11.6 Å². The number of amides is 1. The third-order valence-corrected chi connectivity index (χ3v) is 5.03. The van der Waals surface area contributed by atoms with Crippen LogP contribution in [0.1, 0.15) is 5.56 Å². The molecule has 0 aromatic heterocycles. The number of nitrogens with one attached hydrogen (secondary N) is 1. The maximum absolute atomic E-state index is 12.2. The van der Waals surface area contributed by atoms with Crippen molar-refractivity contribution in [3.63, 3.8) is 0 Å². The van der Waals surface area contributed by atoms with Crippen LogP contribution in [0.15, 0.2) is 48.5 Å². The van der Waals surface area contributed by atoms with Crippen molar-refractivity contribution in [3.8, 4) is 0 Å². The van der Waals surface area contributed by atoms with Gasteiger partial charge in [-0.15, -0.1) is 0 Å². The third-order valence-electron chi connectivity index (χ3n) is 4.79. The molecule has 148 valence electrons. The molecule has 1 fully saturated rings. The van der Waals surface area contributed by atoms with E-state index < -0.39 is 4.92 Å². The van der Waals surface area contributed by atoms with Crippen molar-refractivity contribution < 1.29 is 9.72 Å². The Morgan fingerprint density at radius 3 is 2.50 bits per heavy atom. The number of anilines is 1. The molecule has 2 aromatic carbocycles. The third kappa shape index (κ3) is 5.43. The van der Waals surface area contributed by atoms with Crippen molar-refractivity contribution in [2.45, 2.75) is 6.42 Å². The lowest BCUT2D eigenvalue weighted by atomic mass is 10.1. The Balaban J connectivity index is 1.45. The molecule has 0 saturated carbocycles. The van der Waals surface area contributed by atoms with Gasteiger partial charge in [-0.1, -0.05) is 41.9 Å². The van der Waals surface area contributed by atoms with Crippen LogP contribution in [-0.2, 0) is 11.2 Å². The molecule has 0 unspecified atom stereocenters. The molecule has 1 N–H and O–H groups in total. The van der Waals surface area contributed by atoms with Gasteiger partial charge in [-0.05, 0) is 24.1 Å². The zero-order chi connectivity index (χ0) is 19.9. The zero-order valence-electron chi connectivity index (χ0n) is 15.5. The minimum absolute atomic E-state index is 0.00172. The summed E-state index contributed by atoms with van der Waals surface area (Å²) in [6.07, 6.45) is 0.806. The van der Waals surface area contributed by atoms with Crippen LogP contribution in [0.4, 0.5) is 11.4 Å². The fourth-order valence-corrected chi connectivity index (χ4v) is 3.47. The molecule has 0 aliphatic carbocycles. The van der Waals surface area contributed by atoms with Gasteiger partial charge in [0.15, 0.2) is 0 Å². The van der Waals surface area contributed by atoms with Gasteiger partial charge in [-0.25, -0.2) is 0 Å². The van der Waals surface area contributed by atoms with Crippen LogP contribution in [0.3, 0.4) is 0 Å². The second kappa shape index (κ2) is 9.52. The Hall–Kier alpha value is -2.64. The molecule has 0 atom stereocenters. The molecule has 1 aliphatic heterocycles. The Bertz CT molecular complexity index is 823. The number of nitro groups is 1. The van der Waals surface area contributed by atoms with E-state index in [2.05, 4.69) is 10.2 Å². The summed E-state index contributed by atoms with van der Waals surface area (Å²) >= 11 is 5.89. The van der Waals surface area contributed by atoms with Crippen LogP contribution in [-0.4, -0.2) is 55.0 Å². The van der Waals surface area contributed by atoms with Crippen molar-refractivity contribution >= 4 is 28.9 Å². The van der Waals surface area contributed by atoms with Crippen molar-refractivity contribution in [1.82, 2.24) is 10.2 Å². The van der Waals surface area contributed by atoms with Gasteiger partial charge in [-0.3, -0.25) is 19.8 Å². The summed E-state index contributed by atoms with van der Waals surface area (Å²) in [5.74, 6) is 0.00172. The van der Waals surface area contributed by atoms with Crippen LogP contribution in [0, 0.1) is 10.1 Å². The van der Waals surface area contributed by atoms with Crippen molar-refractivity contribution in [1.29, 1.82) is 0 Å². The Labute approximate surface area is 169 Å². The smallest absolute Gasteiger partial charge is 0.294 e. The van der Waals surface area contributed by atoms with Gasteiger partial charge in [0.1, 0.15) is 5.69 Å². The van der Waals surface area contributed by atoms with Gasteiger partial charge < -0.3 is 10.2 Å². The Kier molecular flexibility index (Phi) is 6.84. The number of hydrogen-bond donors (Lipinski definition) is 1. The lowest BCUT2D eigenvalue weighted by molar-refractivity contribution is -0.384. The highest BCUT2D eigenvalue weighted by Gasteiger charge is 2.24. The van der Waals surface area contributed by atoms with Crippen molar-refractivity contribution in [2.75, 3.05) is 44.2 Å². The first-order valence-corrected chi connectivity index (χ1v) is 9.62. The molecule has 1 heterocycles. The van der Waals surface area contributed by atoms with Gasteiger partial charge in [0.05, 0.1) is 11.5 Å². The molecule has 2 aromatic rings. The summed E-state index contributed by atoms with van der Waals surface area (Å²) in [5, 5.41) is 14.6. The summed E-state index contributed by atoms with van der Waals surface area (Å²) in [6, 6.07) is 14.8. The standard InChI is InChI=1S/C20H23ClN4O3/c21-17-6-7-18(19(14-17)25(27)28)24-12-10-23(11-13-24)15-20(26)22-9-8-16-4-2-1-3-5-16/h1-7,14H,8-13,15H2,(H,22,26). The van der Waals surface area contributed by atoms with E-state index in [1.165, 1.54) is 11.6 Å². The average Bonchev–Trinajstić information content (AvgIpc) is 2.69. The fourth-order valence-electron chi connectivity index (χ4n) is 3.31. The molecule has 7 nitrogen and oxygen atoms in total. The minimum atomic E-state index is -0.409. The minimum Gasteiger partial charge on any atom is -0.363 e. The second-order valence-corrected chi connectivity index (χ2v) is 7.18. The van der Waals surface area contributed by atoms with Crippen LogP contribution in [0.5, 0.6) is 0 Å². The first-order valence-electron chi connectivity index (χ1n) is 9.25. The van der Waals surface area contributed by atoms with E-state index in [1.54, 1.807) is 12.1 Å². The molecule has 0 spiro atoms. The molecule has 8 heteroatoms. The highest BCUT2D eigenvalue weighted by molar-refractivity contribution is 6.30. The van der Waals surface area contributed by atoms with Gasteiger partial charge in [0, 0.05) is 43.8 Å². The normalized spacial score (nSPS) is 14.7. The van der Waals surface area contributed by atoms with E-state index in [1.807, 2.05) is 35.2 Å². The molecule has 3 rings (SSSR count). The highest BCUT2D eigenvalue weighted by atomic mass is 35.5. The predicted octanol–water partition coefficient (Wildman–Crippen LogP) is 2.73. The van der Waals surface area contributed by atoms with Crippen LogP contribution >= 0.6 is 11.6 Å². The molecule has 1 saturated heterocycles. The first-order chi connectivity index (χ1) is 13.5. The molecular weight excluding hydrogens is 380 g/mol. The summed E-state index contributed by atoms with van der Waals surface area (Å²) in [6.45, 7) is 3.54. The summed E-state index contributed by atoms with van der Waals surface area (Å²) in [5.41, 5.74) is 1.78. The number of benzene rings is 2. The average molecular weight is 403 g/mol. The molecule has 0 radical (unpaired) electrons. The van der Waals surface area contributed by atoms with E-state index in [0.29, 0.717) is 50.0 Å². The van der Waals surface area contributed by atoms with E-state index in [9.17, 15) is 14.9 Å². The number of halogens is 1. The molecule has 1 aliphatic rings. The number of nitrogens with zero attached hydrogens (tertiary/aromatic N) is 3. The number of carbonyl (C=O) groups excluding carboxylic acids is 1. The maximum atomic E-state index is 12.2. The fraction of sp³-hybridized carbons (Fsp3) is 0.350. The highest BCUT2D eigenvalue weighted by Crippen LogP contribution is 2.31. The van der Waals surface area contributed by atoms with E-state index in [0.717, 1.165) is 6.42 Å². The van der Waals surface area contributed by atoms with Crippen molar-refractivity contribution in [3.05, 3.63) is 69.2 Å². The molecular formula is C20H23ClN4O3. The molecule has 28 heavy (non-hydrogen) atoms. The summed E-state index contributed by atoms with van der Waals surface area (Å²) < 4.78 is 0. The zero-order valence-corrected chi connectivity index (χ0v) is 16.3. The van der Waals surface area contributed by atoms with Crippen LogP contribution < -0.4 is 10.2 Å². The second-order valence-electron chi connectivity index (χ2n) is 6.74. The number of piperazine rings is 1. The molecule has 0 bridgehead atoms. The van der Waals surface area contributed by atoms with Gasteiger partial charge in [-0.2, -0.15) is 0 Å². The first kappa shape index (κ1) is 20.1. The lowest BCUT2D eigenvalue weighted by Gasteiger charge is -2.35. The van der Waals surface area contributed by atoms with Crippen molar-refractivity contribution in [2.24, 2.45) is 0 Å². The van der Waals surface area contributed by atoms with E-state index in [-0.39, 0.29) is 11.6 Å². The van der Waals surface area contributed by atoms with Crippen LogP contribution in [0.25, 0.3) is 0 Å². The van der Waals surface area contributed by atoms with E-state index >= 15 is 0 Å². The van der Waals surface area contributed by atoms with Gasteiger partial charge >= 0.3 is 0 Å².